The van der Waals surface area contributed by atoms with E-state index in [0.717, 1.165) is 12.1 Å². The molecule has 2 unspecified atom stereocenters. The predicted molar refractivity (Wildman–Crippen MR) is 72.2 cm³/mol. The minimum Gasteiger partial charge on any atom is -0.480 e. The molecule has 0 amide bonds. The van der Waals surface area contributed by atoms with Crippen LogP contribution in [0.4, 0.5) is 5.69 Å². The minimum absolute atomic E-state index is 0.156. The van der Waals surface area contributed by atoms with Crippen LogP contribution in [0.15, 0.2) is 29.2 Å². The molecular formula is C12H14N2O6S. The molecule has 0 aromatic heterocycles. The Morgan fingerprint density at radius 3 is 2.52 bits per heavy atom. The van der Waals surface area contributed by atoms with Crippen LogP contribution >= 0.6 is 0 Å². The van der Waals surface area contributed by atoms with Crippen molar-refractivity contribution in [2.75, 3.05) is 0 Å². The van der Waals surface area contributed by atoms with Gasteiger partial charge in [-0.2, -0.15) is 4.72 Å². The quantitative estimate of drug-likeness (QED) is 0.619. The zero-order chi connectivity index (χ0) is 15.8. The number of carboxylic acids is 1. The van der Waals surface area contributed by atoms with Crippen LogP contribution < -0.4 is 4.72 Å². The Balaban J connectivity index is 2.45. The van der Waals surface area contributed by atoms with Gasteiger partial charge in [0.05, 0.1) is 4.92 Å². The normalized spacial score (nSPS) is 25.1. The van der Waals surface area contributed by atoms with Crippen LogP contribution in [0.5, 0.6) is 0 Å². The van der Waals surface area contributed by atoms with Crippen molar-refractivity contribution in [3.63, 3.8) is 0 Å². The molecule has 0 saturated heterocycles. The molecule has 0 heterocycles. The third-order valence-electron chi connectivity index (χ3n) is 3.86. The Labute approximate surface area is 121 Å². The monoisotopic (exact) mass is 314 g/mol. The maximum Gasteiger partial charge on any atom is 0.325 e. The van der Waals surface area contributed by atoms with E-state index >= 15 is 0 Å². The second-order valence-corrected chi connectivity index (χ2v) is 6.70. The lowest BCUT2D eigenvalue weighted by molar-refractivity contribution is -0.387. The lowest BCUT2D eigenvalue weighted by Gasteiger charge is -2.44. The third kappa shape index (κ3) is 2.49. The van der Waals surface area contributed by atoms with Crippen LogP contribution in [0.1, 0.15) is 19.8 Å². The van der Waals surface area contributed by atoms with Gasteiger partial charge < -0.3 is 5.11 Å². The summed E-state index contributed by atoms with van der Waals surface area (Å²) in [5, 5.41) is 20.2. The molecule has 21 heavy (non-hydrogen) atoms. The van der Waals surface area contributed by atoms with E-state index in [1.165, 1.54) is 12.1 Å². The molecule has 9 heteroatoms. The third-order valence-corrected chi connectivity index (χ3v) is 5.42. The topological polar surface area (TPSA) is 127 Å². The maximum absolute atomic E-state index is 12.3. The van der Waals surface area contributed by atoms with Gasteiger partial charge in [0.25, 0.3) is 5.69 Å². The van der Waals surface area contributed by atoms with E-state index in [1.807, 2.05) is 0 Å². The Kier molecular flexibility index (Phi) is 3.72. The highest BCUT2D eigenvalue weighted by Gasteiger charge is 2.53. The number of carbonyl (C=O) groups is 1. The van der Waals surface area contributed by atoms with Crippen molar-refractivity contribution in [1.29, 1.82) is 0 Å². The molecule has 1 saturated carbocycles. The Bertz CT molecular complexity index is 701. The summed E-state index contributed by atoms with van der Waals surface area (Å²) in [6.45, 7) is 1.62. The molecule has 2 N–H and O–H groups in total. The van der Waals surface area contributed by atoms with Crippen molar-refractivity contribution in [2.45, 2.75) is 30.2 Å². The summed E-state index contributed by atoms with van der Waals surface area (Å²) in [6, 6.07) is 4.83. The fourth-order valence-corrected chi connectivity index (χ4v) is 4.02. The number of nitro benzene ring substituents is 1. The maximum atomic E-state index is 12.3. The van der Waals surface area contributed by atoms with E-state index in [9.17, 15) is 28.4 Å². The minimum atomic E-state index is -4.30. The van der Waals surface area contributed by atoms with Crippen LogP contribution in [-0.4, -0.2) is 30.0 Å². The van der Waals surface area contributed by atoms with E-state index < -0.39 is 37.0 Å². The molecule has 2 rings (SSSR count). The second kappa shape index (κ2) is 5.08. The summed E-state index contributed by atoms with van der Waals surface area (Å²) < 4.78 is 26.8. The Morgan fingerprint density at radius 2 is 2.10 bits per heavy atom. The number of sulfonamides is 1. The smallest absolute Gasteiger partial charge is 0.325 e. The first-order valence-corrected chi connectivity index (χ1v) is 7.70. The lowest BCUT2D eigenvalue weighted by atomic mass is 9.68. The molecule has 1 aromatic rings. The van der Waals surface area contributed by atoms with Crippen LogP contribution in [0.3, 0.4) is 0 Å². The first-order chi connectivity index (χ1) is 9.70. The Hall–Kier alpha value is -2.00. The highest BCUT2D eigenvalue weighted by Crippen LogP contribution is 2.40. The van der Waals surface area contributed by atoms with Gasteiger partial charge in [-0.25, -0.2) is 8.42 Å². The summed E-state index contributed by atoms with van der Waals surface area (Å²) in [5.41, 5.74) is -2.18. The number of benzene rings is 1. The van der Waals surface area contributed by atoms with Crippen molar-refractivity contribution < 1.29 is 23.2 Å². The number of aliphatic carboxylic acids is 1. The van der Waals surface area contributed by atoms with Gasteiger partial charge in [-0.3, -0.25) is 14.9 Å². The van der Waals surface area contributed by atoms with Crippen molar-refractivity contribution in [1.82, 2.24) is 4.72 Å². The van der Waals surface area contributed by atoms with Crippen LogP contribution in [0, 0.1) is 16.0 Å². The zero-order valence-corrected chi connectivity index (χ0v) is 12.0. The predicted octanol–water partition coefficient (Wildman–Crippen LogP) is 1.13. The van der Waals surface area contributed by atoms with E-state index in [-0.39, 0.29) is 12.3 Å². The molecule has 1 aliphatic rings. The average molecular weight is 314 g/mol. The first kappa shape index (κ1) is 15.4. The molecule has 0 spiro atoms. The van der Waals surface area contributed by atoms with Crippen molar-refractivity contribution in [2.24, 2.45) is 5.92 Å². The molecule has 0 radical (unpaired) electrons. The van der Waals surface area contributed by atoms with Gasteiger partial charge in [-0.1, -0.05) is 19.1 Å². The lowest BCUT2D eigenvalue weighted by Crippen LogP contribution is -2.64. The van der Waals surface area contributed by atoms with Crippen LogP contribution in [0.2, 0.25) is 0 Å². The first-order valence-electron chi connectivity index (χ1n) is 6.21. The summed E-state index contributed by atoms with van der Waals surface area (Å²) in [7, 11) is -4.30. The zero-order valence-electron chi connectivity index (χ0n) is 11.1. The average Bonchev–Trinajstić information content (AvgIpc) is 2.42. The van der Waals surface area contributed by atoms with E-state index in [4.69, 9.17) is 0 Å². The van der Waals surface area contributed by atoms with Gasteiger partial charge in [-0.05, 0) is 24.8 Å². The molecule has 0 aliphatic heterocycles. The molecule has 1 aliphatic carbocycles. The van der Waals surface area contributed by atoms with Gasteiger partial charge in [0.1, 0.15) is 5.54 Å². The van der Waals surface area contributed by atoms with Crippen molar-refractivity contribution in [3.8, 4) is 0 Å². The number of nitrogens with zero attached hydrogens (tertiary/aromatic N) is 1. The summed E-state index contributed by atoms with van der Waals surface area (Å²) in [4.78, 5) is 20.9. The van der Waals surface area contributed by atoms with Crippen molar-refractivity contribution >= 4 is 21.7 Å². The number of rotatable bonds is 5. The molecule has 1 fully saturated rings. The van der Waals surface area contributed by atoms with Crippen molar-refractivity contribution in [3.05, 3.63) is 34.4 Å². The summed E-state index contributed by atoms with van der Waals surface area (Å²) >= 11 is 0. The molecular weight excluding hydrogens is 300 g/mol. The summed E-state index contributed by atoms with van der Waals surface area (Å²) in [6.07, 6.45) is 0.731. The standard InChI is InChI=1S/C12H14N2O6S/c1-8-6-7-12(8,11(15)16)13-21(19,20)10-5-3-2-4-9(10)14(17)18/h2-5,8,13H,6-7H2,1H3,(H,15,16). The molecule has 1 aromatic carbocycles. The van der Waals surface area contributed by atoms with Gasteiger partial charge in [0, 0.05) is 6.07 Å². The number of carboxylic acid groups (broad SMARTS) is 1. The van der Waals surface area contributed by atoms with E-state index in [2.05, 4.69) is 4.72 Å². The SMILES string of the molecule is CC1CCC1(NS(=O)(=O)c1ccccc1[N+](=O)[O-])C(=O)O. The molecule has 2 atom stereocenters. The van der Waals surface area contributed by atoms with Gasteiger partial charge in [0.2, 0.25) is 10.0 Å². The van der Waals surface area contributed by atoms with Gasteiger partial charge in [0.15, 0.2) is 4.90 Å². The molecule has 0 bridgehead atoms. The fraction of sp³-hybridized carbons (Fsp3) is 0.417. The van der Waals surface area contributed by atoms with Gasteiger partial charge in [-0.15, -0.1) is 0 Å². The highest BCUT2D eigenvalue weighted by molar-refractivity contribution is 7.89. The fourth-order valence-electron chi connectivity index (χ4n) is 2.36. The highest BCUT2D eigenvalue weighted by atomic mass is 32.2. The number of hydrogen-bond acceptors (Lipinski definition) is 5. The number of hydrogen-bond donors (Lipinski definition) is 2. The Morgan fingerprint density at radius 1 is 1.48 bits per heavy atom. The molecule has 114 valence electrons. The van der Waals surface area contributed by atoms with E-state index in [0.29, 0.717) is 6.42 Å². The number of para-hydroxylation sites is 1. The second-order valence-electron chi connectivity index (χ2n) is 5.05. The summed E-state index contributed by atoms with van der Waals surface area (Å²) in [5.74, 6) is -1.66. The number of nitrogens with one attached hydrogen (secondary N) is 1. The number of nitro groups is 1. The molecule has 8 nitrogen and oxygen atoms in total. The van der Waals surface area contributed by atoms with Crippen LogP contribution in [0.25, 0.3) is 0 Å². The largest absolute Gasteiger partial charge is 0.480 e. The van der Waals surface area contributed by atoms with Crippen LogP contribution in [-0.2, 0) is 14.8 Å². The van der Waals surface area contributed by atoms with Gasteiger partial charge >= 0.3 is 5.97 Å². The van der Waals surface area contributed by atoms with E-state index in [1.54, 1.807) is 6.92 Å².